The van der Waals surface area contributed by atoms with Crippen LogP contribution in [0.5, 0.6) is 0 Å². The van der Waals surface area contributed by atoms with Gasteiger partial charge in [-0.1, -0.05) is 0 Å². The van der Waals surface area contributed by atoms with Crippen molar-refractivity contribution in [3.05, 3.63) is 85.6 Å². The molecule has 3 rings (SSSR count). The molecule has 0 fully saturated rings. The summed E-state index contributed by atoms with van der Waals surface area (Å²) < 4.78 is 5.06. The molecule has 0 atom stereocenters. The topological polar surface area (TPSA) is 125 Å². The Bertz CT molecular complexity index is 929. The minimum Gasteiger partial charge on any atom is -0.402 e. The standard InChI is InChI=1S/C16H9N3O6/c20-16-14(9-10-1-5-12(6-2-10)18(21)22)17-15(25-16)11-3-7-13(8-4-11)19(23)24/h1-9H/b14-9-. The predicted octanol–water partition coefficient (Wildman–Crippen LogP) is 2.85. The van der Waals surface area contributed by atoms with Gasteiger partial charge >= 0.3 is 5.97 Å². The molecule has 0 amide bonds. The van der Waals surface area contributed by atoms with E-state index in [9.17, 15) is 25.0 Å². The fourth-order valence-corrected chi connectivity index (χ4v) is 2.11. The number of hydrogen-bond donors (Lipinski definition) is 0. The van der Waals surface area contributed by atoms with Gasteiger partial charge in [-0.05, 0) is 35.9 Å². The molecular formula is C16H9N3O6. The highest BCUT2D eigenvalue weighted by Crippen LogP contribution is 2.21. The van der Waals surface area contributed by atoms with Crippen molar-refractivity contribution in [3.63, 3.8) is 0 Å². The van der Waals surface area contributed by atoms with Crippen molar-refractivity contribution in [2.24, 2.45) is 4.99 Å². The number of hydrogen-bond acceptors (Lipinski definition) is 7. The molecule has 0 bridgehead atoms. The van der Waals surface area contributed by atoms with Gasteiger partial charge in [0.1, 0.15) is 0 Å². The molecule has 0 saturated carbocycles. The van der Waals surface area contributed by atoms with E-state index in [1.54, 1.807) is 0 Å². The number of benzene rings is 2. The molecule has 0 spiro atoms. The minimum atomic E-state index is -0.674. The second-order valence-corrected chi connectivity index (χ2v) is 4.99. The Labute approximate surface area is 140 Å². The zero-order chi connectivity index (χ0) is 18.0. The molecular weight excluding hydrogens is 330 g/mol. The maximum Gasteiger partial charge on any atom is 0.363 e. The van der Waals surface area contributed by atoms with E-state index >= 15 is 0 Å². The first-order valence-electron chi connectivity index (χ1n) is 6.96. The first kappa shape index (κ1) is 16.0. The summed E-state index contributed by atoms with van der Waals surface area (Å²) in [5, 5.41) is 21.3. The average molecular weight is 339 g/mol. The summed E-state index contributed by atoms with van der Waals surface area (Å²) in [4.78, 5) is 36.2. The van der Waals surface area contributed by atoms with E-state index in [4.69, 9.17) is 4.74 Å². The SMILES string of the molecule is O=C1OC(c2ccc([N+](=O)[O-])cc2)=N/C1=C\c1ccc([N+](=O)[O-])cc1. The lowest BCUT2D eigenvalue weighted by Gasteiger charge is -1.98. The molecule has 0 radical (unpaired) electrons. The summed E-state index contributed by atoms with van der Waals surface area (Å²) in [6.07, 6.45) is 1.43. The number of nitro groups is 2. The molecule has 9 heteroatoms. The molecule has 9 nitrogen and oxygen atoms in total. The van der Waals surface area contributed by atoms with Gasteiger partial charge in [-0.2, -0.15) is 0 Å². The van der Waals surface area contributed by atoms with E-state index in [-0.39, 0.29) is 23.0 Å². The van der Waals surface area contributed by atoms with E-state index in [1.165, 1.54) is 54.6 Å². The molecule has 0 N–H and O–H groups in total. The van der Waals surface area contributed by atoms with E-state index < -0.39 is 15.8 Å². The second kappa shape index (κ2) is 6.32. The van der Waals surface area contributed by atoms with Gasteiger partial charge in [0.25, 0.3) is 11.4 Å². The number of carbonyl (C=O) groups is 1. The summed E-state index contributed by atoms with van der Waals surface area (Å²) in [5.74, 6) is -0.639. The average Bonchev–Trinajstić information content (AvgIpc) is 2.96. The van der Waals surface area contributed by atoms with E-state index in [1.807, 2.05) is 0 Å². The molecule has 2 aromatic carbocycles. The Balaban J connectivity index is 1.86. The number of carbonyl (C=O) groups excluding carboxylic acids is 1. The van der Waals surface area contributed by atoms with Crippen LogP contribution in [-0.4, -0.2) is 21.7 Å². The van der Waals surface area contributed by atoms with Gasteiger partial charge in [0.05, 0.1) is 9.85 Å². The molecule has 124 valence electrons. The van der Waals surface area contributed by atoms with Crippen LogP contribution in [0.2, 0.25) is 0 Å². The highest BCUT2D eigenvalue weighted by Gasteiger charge is 2.24. The number of ether oxygens (including phenoxy) is 1. The quantitative estimate of drug-likeness (QED) is 0.365. The van der Waals surface area contributed by atoms with Gasteiger partial charge in [0.15, 0.2) is 5.70 Å². The molecule has 0 aromatic heterocycles. The molecule has 25 heavy (non-hydrogen) atoms. The number of rotatable bonds is 4. The molecule has 1 aliphatic heterocycles. The summed E-state index contributed by atoms with van der Waals surface area (Å²) >= 11 is 0. The van der Waals surface area contributed by atoms with Crippen LogP contribution in [0.3, 0.4) is 0 Å². The number of non-ortho nitro benzene ring substituents is 2. The highest BCUT2D eigenvalue weighted by atomic mass is 16.6. The molecule has 1 heterocycles. The van der Waals surface area contributed by atoms with Gasteiger partial charge in [-0.3, -0.25) is 20.2 Å². The van der Waals surface area contributed by atoms with Crippen LogP contribution in [0.25, 0.3) is 6.08 Å². The summed E-state index contributed by atoms with van der Waals surface area (Å²) in [5.41, 5.74) is 0.848. The third-order valence-corrected chi connectivity index (χ3v) is 3.35. The van der Waals surface area contributed by atoms with Crippen LogP contribution >= 0.6 is 0 Å². The fourth-order valence-electron chi connectivity index (χ4n) is 2.11. The number of esters is 1. The maximum atomic E-state index is 11.9. The van der Waals surface area contributed by atoms with Crippen LogP contribution in [0.15, 0.2) is 59.2 Å². The van der Waals surface area contributed by atoms with Crippen molar-refractivity contribution in [3.8, 4) is 0 Å². The van der Waals surface area contributed by atoms with Crippen molar-refractivity contribution in [2.75, 3.05) is 0 Å². The van der Waals surface area contributed by atoms with Crippen molar-refractivity contribution in [2.45, 2.75) is 0 Å². The second-order valence-electron chi connectivity index (χ2n) is 4.99. The highest BCUT2D eigenvalue weighted by molar-refractivity contribution is 6.12. The molecule has 2 aromatic rings. The Morgan fingerprint density at radius 2 is 1.40 bits per heavy atom. The predicted molar refractivity (Wildman–Crippen MR) is 86.8 cm³/mol. The van der Waals surface area contributed by atoms with E-state index in [0.29, 0.717) is 11.1 Å². The first-order chi connectivity index (χ1) is 11.9. The smallest absolute Gasteiger partial charge is 0.363 e. The van der Waals surface area contributed by atoms with E-state index in [2.05, 4.69) is 4.99 Å². The van der Waals surface area contributed by atoms with Crippen LogP contribution in [0, 0.1) is 20.2 Å². The Hall–Kier alpha value is -3.88. The van der Waals surface area contributed by atoms with Crippen LogP contribution < -0.4 is 0 Å². The first-order valence-corrected chi connectivity index (χ1v) is 6.96. The van der Waals surface area contributed by atoms with Gasteiger partial charge in [0.2, 0.25) is 5.90 Å². The van der Waals surface area contributed by atoms with Crippen molar-refractivity contribution < 1.29 is 19.4 Å². The van der Waals surface area contributed by atoms with Gasteiger partial charge in [-0.25, -0.2) is 9.79 Å². The zero-order valence-electron chi connectivity index (χ0n) is 12.5. The number of aliphatic imine (C=N–C) groups is 1. The summed E-state index contributed by atoms with van der Waals surface area (Å²) in [6.45, 7) is 0. The van der Waals surface area contributed by atoms with Crippen LogP contribution in [0.1, 0.15) is 11.1 Å². The Morgan fingerprint density at radius 3 is 1.92 bits per heavy atom. The Morgan fingerprint density at radius 1 is 0.880 bits per heavy atom. The number of nitro benzene ring substituents is 2. The third-order valence-electron chi connectivity index (χ3n) is 3.35. The van der Waals surface area contributed by atoms with Crippen molar-refractivity contribution in [1.82, 2.24) is 0 Å². The minimum absolute atomic E-state index is 0.0298. The van der Waals surface area contributed by atoms with Crippen molar-refractivity contribution >= 4 is 29.3 Å². The Kier molecular flexibility index (Phi) is 4.04. The lowest BCUT2D eigenvalue weighted by molar-refractivity contribution is -0.385. The number of nitrogens with zero attached hydrogens (tertiary/aromatic N) is 3. The molecule has 0 saturated heterocycles. The fraction of sp³-hybridized carbons (Fsp3) is 0. The third kappa shape index (κ3) is 3.39. The monoisotopic (exact) mass is 339 g/mol. The van der Waals surface area contributed by atoms with Gasteiger partial charge in [0, 0.05) is 29.8 Å². The molecule has 0 aliphatic carbocycles. The number of cyclic esters (lactones) is 1. The summed E-state index contributed by atoms with van der Waals surface area (Å²) in [6, 6.07) is 11.0. The van der Waals surface area contributed by atoms with Gasteiger partial charge in [-0.15, -0.1) is 0 Å². The van der Waals surface area contributed by atoms with Crippen molar-refractivity contribution in [1.29, 1.82) is 0 Å². The lowest BCUT2D eigenvalue weighted by Crippen LogP contribution is -2.05. The normalized spacial score (nSPS) is 15.0. The maximum absolute atomic E-state index is 11.9. The largest absolute Gasteiger partial charge is 0.402 e. The van der Waals surface area contributed by atoms with Crippen LogP contribution in [-0.2, 0) is 9.53 Å². The summed E-state index contributed by atoms with van der Waals surface area (Å²) in [7, 11) is 0. The molecule has 1 aliphatic rings. The van der Waals surface area contributed by atoms with Crippen LogP contribution in [0.4, 0.5) is 11.4 Å². The lowest BCUT2D eigenvalue weighted by atomic mass is 10.2. The van der Waals surface area contributed by atoms with Gasteiger partial charge < -0.3 is 4.74 Å². The molecule has 0 unspecified atom stereocenters. The van der Waals surface area contributed by atoms with E-state index in [0.717, 1.165) is 0 Å². The zero-order valence-corrected chi connectivity index (χ0v) is 12.5.